The van der Waals surface area contributed by atoms with Gasteiger partial charge in [0.05, 0.1) is 0 Å². The van der Waals surface area contributed by atoms with E-state index in [0.717, 1.165) is 0 Å². The zero-order valence-corrected chi connectivity index (χ0v) is 12.7. The van der Waals surface area contributed by atoms with E-state index in [4.69, 9.17) is 19.2 Å². The minimum absolute atomic E-state index is 1.18. The Bertz CT molecular complexity index is 378. The van der Waals surface area contributed by atoms with Crippen molar-refractivity contribution >= 4 is 7.82 Å². The van der Waals surface area contributed by atoms with Gasteiger partial charge in [-0.2, -0.15) is 0 Å². The molecule has 0 fully saturated rings. The van der Waals surface area contributed by atoms with Crippen molar-refractivity contribution in [3.8, 4) is 0 Å². The minimum Gasteiger partial charge on any atom is -0.303 e. The molecule has 0 radical (unpaired) electrons. The summed E-state index contributed by atoms with van der Waals surface area (Å²) in [6.45, 7) is 3.73. The van der Waals surface area contributed by atoms with Gasteiger partial charge in [0.15, 0.2) is 0 Å². The summed E-state index contributed by atoms with van der Waals surface area (Å²) < 4.78 is 8.88. The van der Waals surface area contributed by atoms with Crippen LogP contribution in [0.5, 0.6) is 0 Å². The number of unbranched alkanes of at least 4 members (excludes halogenated alkanes) is 5. The molecule has 1 aromatic carbocycles. The highest BCUT2D eigenvalue weighted by atomic mass is 31.2. The van der Waals surface area contributed by atoms with E-state index in [-0.39, 0.29) is 0 Å². The van der Waals surface area contributed by atoms with Crippen molar-refractivity contribution in [2.24, 2.45) is 0 Å². The molecular formula is C15H25O4P. The molecule has 20 heavy (non-hydrogen) atoms. The number of rotatable bonds is 8. The third-order valence-electron chi connectivity index (χ3n) is 2.72. The molecular weight excluding hydrogens is 275 g/mol. The van der Waals surface area contributed by atoms with Crippen molar-refractivity contribution in [2.45, 2.75) is 44.9 Å². The van der Waals surface area contributed by atoms with Crippen LogP contribution in [-0.2, 0) is 11.0 Å². The van der Waals surface area contributed by atoms with Crippen molar-refractivity contribution in [1.29, 1.82) is 0 Å². The molecule has 0 saturated carbocycles. The van der Waals surface area contributed by atoms with Crippen LogP contribution in [0.15, 0.2) is 43.0 Å². The van der Waals surface area contributed by atoms with E-state index in [2.05, 4.69) is 36.9 Å². The predicted molar refractivity (Wildman–Crippen MR) is 82.3 cm³/mol. The van der Waals surface area contributed by atoms with Gasteiger partial charge < -0.3 is 14.7 Å². The number of aryl methyl sites for hydroxylation is 1. The van der Waals surface area contributed by atoms with Crippen molar-refractivity contribution in [3.63, 3.8) is 0 Å². The fourth-order valence-corrected chi connectivity index (χ4v) is 1.79. The molecule has 1 aromatic rings. The lowest BCUT2D eigenvalue weighted by Gasteiger charge is -2.01. The van der Waals surface area contributed by atoms with E-state index in [9.17, 15) is 0 Å². The maximum atomic E-state index is 8.88. The van der Waals surface area contributed by atoms with E-state index < -0.39 is 7.82 Å². The summed E-state index contributed by atoms with van der Waals surface area (Å²) in [5.41, 5.74) is 1.48. The average Bonchev–Trinajstić information content (AvgIpc) is 2.37. The first-order valence-electron chi connectivity index (χ1n) is 6.86. The molecule has 4 nitrogen and oxygen atoms in total. The van der Waals surface area contributed by atoms with Crippen molar-refractivity contribution in [3.05, 3.63) is 48.6 Å². The molecule has 0 bridgehead atoms. The van der Waals surface area contributed by atoms with Crippen LogP contribution >= 0.6 is 7.82 Å². The SMILES string of the molecule is C=CCCCCCCCc1ccccc1.O=P(O)(O)O. The highest BCUT2D eigenvalue weighted by Crippen LogP contribution is 2.25. The summed E-state index contributed by atoms with van der Waals surface area (Å²) >= 11 is 0. The molecule has 1 rings (SSSR count). The molecule has 0 amide bonds. The number of hydrogen-bond donors (Lipinski definition) is 3. The van der Waals surface area contributed by atoms with Gasteiger partial charge in [-0.05, 0) is 31.2 Å². The molecule has 0 aliphatic carbocycles. The van der Waals surface area contributed by atoms with Gasteiger partial charge in [-0.3, -0.25) is 0 Å². The maximum Gasteiger partial charge on any atom is 0.466 e. The lowest BCUT2D eigenvalue weighted by Crippen LogP contribution is -1.85. The molecule has 0 heterocycles. The Hall–Kier alpha value is -0.930. The first-order valence-corrected chi connectivity index (χ1v) is 8.43. The van der Waals surface area contributed by atoms with Gasteiger partial charge >= 0.3 is 7.82 Å². The highest BCUT2D eigenvalue weighted by Gasteiger charge is 2.00. The van der Waals surface area contributed by atoms with Crippen molar-refractivity contribution in [2.75, 3.05) is 0 Å². The van der Waals surface area contributed by atoms with Gasteiger partial charge in [-0.15, -0.1) is 6.58 Å². The highest BCUT2D eigenvalue weighted by molar-refractivity contribution is 7.45. The van der Waals surface area contributed by atoms with E-state index in [0.29, 0.717) is 0 Å². The van der Waals surface area contributed by atoms with E-state index in [1.165, 1.54) is 50.5 Å². The number of phosphoric acid groups is 1. The van der Waals surface area contributed by atoms with Crippen LogP contribution < -0.4 is 0 Å². The van der Waals surface area contributed by atoms with Gasteiger partial charge in [-0.25, -0.2) is 4.57 Å². The Morgan fingerprint density at radius 1 is 0.950 bits per heavy atom. The summed E-state index contributed by atoms with van der Waals surface area (Å²) in [6.07, 6.45) is 11.2. The van der Waals surface area contributed by atoms with Crippen LogP contribution in [0.4, 0.5) is 0 Å². The van der Waals surface area contributed by atoms with E-state index >= 15 is 0 Å². The first kappa shape index (κ1) is 19.1. The molecule has 3 N–H and O–H groups in total. The molecule has 0 aliphatic heterocycles. The van der Waals surface area contributed by atoms with Gasteiger partial charge in [0, 0.05) is 0 Å². The maximum absolute atomic E-state index is 8.88. The topological polar surface area (TPSA) is 77.8 Å². The lowest BCUT2D eigenvalue weighted by atomic mass is 10.1. The molecule has 0 atom stereocenters. The molecule has 0 spiro atoms. The fourth-order valence-electron chi connectivity index (χ4n) is 1.79. The number of benzene rings is 1. The van der Waals surface area contributed by atoms with Gasteiger partial charge in [0.25, 0.3) is 0 Å². The molecule has 0 saturated heterocycles. The third-order valence-corrected chi connectivity index (χ3v) is 2.72. The monoisotopic (exact) mass is 300 g/mol. The summed E-state index contributed by atoms with van der Waals surface area (Å²) in [6, 6.07) is 10.8. The van der Waals surface area contributed by atoms with Crippen LogP contribution in [0.1, 0.15) is 44.1 Å². The fraction of sp³-hybridized carbons (Fsp3) is 0.467. The normalized spacial score (nSPS) is 10.6. The van der Waals surface area contributed by atoms with Crippen LogP contribution in [0.25, 0.3) is 0 Å². The summed E-state index contributed by atoms with van der Waals surface area (Å²) in [5.74, 6) is 0. The Labute approximate surface area is 121 Å². The number of allylic oxidation sites excluding steroid dienone is 1. The quantitative estimate of drug-likeness (QED) is 0.387. The smallest absolute Gasteiger partial charge is 0.303 e. The lowest BCUT2D eigenvalue weighted by molar-refractivity contribution is 0.275. The summed E-state index contributed by atoms with van der Waals surface area (Å²) in [7, 11) is -4.64. The predicted octanol–water partition coefficient (Wildman–Crippen LogP) is 3.83. The molecule has 5 heteroatoms. The molecule has 114 valence electrons. The Balaban J connectivity index is 0.000000621. The minimum atomic E-state index is -4.64. The first-order chi connectivity index (χ1) is 9.43. The van der Waals surface area contributed by atoms with E-state index in [1.807, 2.05) is 6.08 Å². The second kappa shape index (κ2) is 11.9. The zero-order chi connectivity index (χ0) is 15.3. The third kappa shape index (κ3) is 17.1. The van der Waals surface area contributed by atoms with Crippen molar-refractivity contribution in [1.82, 2.24) is 0 Å². The van der Waals surface area contributed by atoms with Crippen LogP contribution in [0.2, 0.25) is 0 Å². The Morgan fingerprint density at radius 3 is 2.00 bits per heavy atom. The van der Waals surface area contributed by atoms with Gasteiger partial charge in [-0.1, -0.05) is 55.7 Å². The Morgan fingerprint density at radius 2 is 1.45 bits per heavy atom. The molecule has 0 aromatic heterocycles. The summed E-state index contributed by atoms with van der Waals surface area (Å²) in [5, 5.41) is 0. The molecule has 0 unspecified atom stereocenters. The van der Waals surface area contributed by atoms with Crippen molar-refractivity contribution < 1.29 is 19.2 Å². The largest absolute Gasteiger partial charge is 0.466 e. The van der Waals surface area contributed by atoms with Gasteiger partial charge in [0.2, 0.25) is 0 Å². The van der Waals surface area contributed by atoms with Gasteiger partial charge in [0.1, 0.15) is 0 Å². The second-order valence-electron chi connectivity index (χ2n) is 4.59. The zero-order valence-electron chi connectivity index (χ0n) is 11.8. The van der Waals surface area contributed by atoms with Crippen LogP contribution in [-0.4, -0.2) is 14.7 Å². The standard InChI is InChI=1S/C15H22.H3O4P/c1-2-3-4-5-6-7-9-12-15-13-10-8-11-14-15;1-5(2,3)4/h2,8,10-11,13-14H,1,3-7,9,12H2;(H3,1,2,3,4). The van der Waals surface area contributed by atoms with E-state index in [1.54, 1.807) is 0 Å². The Kier molecular flexibility index (Phi) is 11.3. The summed E-state index contributed by atoms with van der Waals surface area (Å²) in [4.78, 5) is 21.6. The van der Waals surface area contributed by atoms with Crippen LogP contribution in [0, 0.1) is 0 Å². The van der Waals surface area contributed by atoms with Crippen LogP contribution in [0.3, 0.4) is 0 Å². The average molecular weight is 300 g/mol. The number of hydrogen-bond acceptors (Lipinski definition) is 1. The second-order valence-corrected chi connectivity index (χ2v) is 5.62. The molecule has 0 aliphatic rings.